The first-order valence-corrected chi connectivity index (χ1v) is 25.0. The Morgan fingerprint density at radius 2 is 0.923 bits per heavy atom. The molecular formula is C55H88O10. The van der Waals surface area contributed by atoms with Crippen molar-refractivity contribution in [2.24, 2.45) is 0 Å². The Balaban J connectivity index is 2.37. The summed E-state index contributed by atoms with van der Waals surface area (Å²) in [5, 5.41) is 40.2. The molecule has 0 aromatic carbocycles. The zero-order valence-corrected chi connectivity index (χ0v) is 40.2. The molecule has 4 N–H and O–H groups in total. The van der Waals surface area contributed by atoms with Gasteiger partial charge < -0.3 is 39.4 Å². The van der Waals surface area contributed by atoms with Crippen LogP contribution >= 0.6 is 0 Å². The molecule has 0 amide bonds. The Hall–Kier alpha value is -3.64. The number of allylic oxidation sites excluding steroid dienone is 18. The molecule has 0 aromatic rings. The van der Waals surface area contributed by atoms with Crippen LogP contribution in [-0.4, -0.2) is 89.0 Å². The second-order valence-corrected chi connectivity index (χ2v) is 16.5. The van der Waals surface area contributed by atoms with Gasteiger partial charge in [0.2, 0.25) is 0 Å². The fraction of sp³-hybridized carbons (Fsp3) is 0.636. The second kappa shape index (κ2) is 44.2. The lowest BCUT2D eigenvalue weighted by atomic mass is 9.99. The first-order valence-electron chi connectivity index (χ1n) is 25.0. The first kappa shape index (κ1) is 59.4. The Bertz CT molecular complexity index is 1420. The molecule has 0 spiro atoms. The molecule has 1 rings (SSSR count). The molecule has 10 heteroatoms. The van der Waals surface area contributed by atoms with Crippen molar-refractivity contribution in [3.8, 4) is 0 Å². The van der Waals surface area contributed by atoms with E-state index in [1.165, 1.54) is 51.4 Å². The molecule has 1 saturated heterocycles. The van der Waals surface area contributed by atoms with Gasteiger partial charge in [0.05, 0.1) is 13.2 Å². The van der Waals surface area contributed by atoms with E-state index in [0.29, 0.717) is 19.3 Å². The zero-order valence-electron chi connectivity index (χ0n) is 40.2. The van der Waals surface area contributed by atoms with E-state index >= 15 is 0 Å². The molecule has 1 fully saturated rings. The molecule has 0 saturated carbocycles. The highest BCUT2D eigenvalue weighted by Crippen LogP contribution is 2.22. The highest BCUT2D eigenvalue weighted by molar-refractivity contribution is 5.70. The van der Waals surface area contributed by atoms with Crippen LogP contribution in [0.1, 0.15) is 168 Å². The SMILES string of the molecule is CC/C=C/C/C=C/C/C=C/C/C=C/C/C=C/CCCCCC(=O)O[C@@H](COC(=O)CCC/C=C/C/C=C/C/C=C/C/C=C/CCCCCCCCC)CO[C@H]1O[C@@H](CO)[C@@H](O)C(O)C1O. The van der Waals surface area contributed by atoms with Crippen molar-refractivity contribution in [2.75, 3.05) is 19.8 Å². The summed E-state index contributed by atoms with van der Waals surface area (Å²) < 4.78 is 22.1. The van der Waals surface area contributed by atoms with Crippen LogP contribution in [0.15, 0.2) is 109 Å². The van der Waals surface area contributed by atoms with Crippen molar-refractivity contribution in [3.05, 3.63) is 109 Å². The van der Waals surface area contributed by atoms with Gasteiger partial charge in [-0.15, -0.1) is 0 Å². The monoisotopic (exact) mass is 909 g/mol. The number of rotatable bonds is 40. The molecule has 0 aliphatic carbocycles. The van der Waals surface area contributed by atoms with Gasteiger partial charge in [0.1, 0.15) is 31.0 Å². The van der Waals surface area contributed by atoms with Crippen LogP contribution in [0.25, 0.3) is 0 Å². The van der Waals surface area contributed by atoms with E-state index in [-0.39, 0.29) is 26.1 Å². The maximum atomic E-state index is 12.8. The van der Waals surface area contributed by atoms with Crippen LogP contribution < -0.4 is 0 Å². The third kappa shape index (κ3) is 35.3. The number of aliphatic hydroxyl groups is 4. The highest BCUT2D eigenvalue weighted by Gasteiger charge is 2.44. The quantitative estimate of drug-likeness (QED) is 0.0266. The third-order valence-electron chi connectivity index (χ3n) is 10.6. The molecule has 1 aliphatic rings. The lowest BCUT2D eigenvalue weighted by molar-refractivity contribution is -0.305. The van der Waals surface area contributed by atoms with Gasteiger partial charge in [0.15, 0.2) is 12.4 Å². The number of carbonyl (C=O) groups is 2. The summed E-state index contributed by atoms with van der Waals surface area (Å²) in [6.45, 7) is 3.21. The molecule has 10 nitrogen and oxygen atoms in total. The Labute approximate surface area is 393 Å². The van der Waals surface area contributed by atoms with Crippen molar-refractivity contribution in [2.45, 2.75) is 205 Å². The molecule has 0 bridgehead atoms. The average molecular weight is 909 g/mol. The summed E-state index contributed by atoms with van der Waals surface area (Å²) in [6, 6.07) is 0. The van der Waals surface area contributed by atoms with E-state index < -0.39 is 55.4 Å². The predicted molar refractivity (Wildman–Crippen MR) is 265 cm³/mol. The molecule has 6 atom stereocenters. The van der Waals surface area contributed by atoms with Crippen LogP contribution in [0.5, 0.6) is 0 Å². The van der Waals surface area contributed by atoms with Crippen molar-refractivity contribution in [3.63, 3.8) is 0 Å². The lowest BCUT2D eigenvalue weighted by Crippen LogP contribution is -2.59. The van der Waals surface area contributed by atoms with Gasteiger partial charge in [-0.05, 0) is 96.3 Å². The van der Waals surface area contributed by atoms with Crippen LogP contribution in [0.4, 0.5) is 0 Å². The van der Waals surface area contributed by atoms with Crippen LogP contribution in [0, 0.1) is 0 Å². The van der Waals surface area contributed by atoms with Gasteiger partial charge in [-0.2, -0.15) is 0 Å². The minimum atomic E-state index is -1.62. The number of esters is 2. The smallest absolute Gasteiger partial charge is 0.306 e. The molecule has 0 radical (unpaired) electrons. The van der Waals surface area contributed by atoms with Gasteiger partial charge in [-0.25, -0.2) is 0 Å². The number of aliphatic hydroxyl groups excluding tert-OH is 4. The summed E-state index contributed by atoms with van der Waals surface area (Å²) in [6.07, 6.45) is 53.9. The molecule has 65 heavy (non-hydrogen) atoms. The van der Waals surface area contributed by atoms with E-state index in [1.807, 2.05) is 6.08 Å². The lowest BCUT2D eigenvalue weighted by Gasteiger charge is -2.39. The molecule has 1 heterocycles. The van der Waals surface area contributed by atoms with Crippen molar-refractivity contribution in [1.82, 2.24) is 0 Å². The standard InChI is InChI=1S/C55H88O10/c1-3-5-7-9-11-13-15-17-19-21-23-24-26-27-29-31-33-35-37-39-41-43-50(57)62-46-48(47-63-55-54(61)53(60)52(59)49(45-56)65-55)64-51(58)44-42-40-38-36-34-32-30-28-25-22-20-18-16-14-12-10-8-6-4-2/h6,8,12,14,18-21,24-26,28-29,31-32,34-35,37,48-49,52-56,59-61H,3-5,7,9-11,13,15-17,22-23,27,30,33,36,38-47H2,1-2H3/b8-6+,14-12+,20-18+,21-19+,26-24+,28-25+,31-29+,34-32+,37-35+/t48-,49-,52+,53?,54?,55-/m0/s1. The molecule has 0 aromatic heterocycles. The summed E-state index contributed by atoms with van der Waals surface area (Å²) in [5.41, 5.74) is 0. The van der Waals surface area contributed by atoms with Gasteiger partial charge >= 0.3 is 11.9 Å². The van der Waals surface area contributed by atoms with E-state index in [2.05, 4.69) is 117 Å². The summed E-state index contributed by atoms with van der Waals surface area (Å²) in [5.74, 6) is -0.920. The number of carbonyl (C=O) groups excluding carboxylic acids is 2. The number of hydrogen-bond acceptors (Lipinski definition) is 10. The average Bonchev–Trinajstić information content (AvgIpc) is 3.30. The minimum absolute atomic E-state index is 0.172. The fourth-order valence-corrected chi connectivity index (χ4v) is 6.74. The summed E-state index contributed by atoms with van der Waals surface area (Å²) >= 11 is 0. The Morgan fingerprint density at radius 1 is 0.492 bits per heavy atom. The summed E-state index contributed by atoms with van der Waals surface area (Å²) in [4.78, 5) is 25.4. The van der Waals surface area contributed by atoms with E-state index in [0.717, 1.165) is 70.6 Å². The molecule has 1 aliphatic heterocycles. The van der Waals surface area contributed by atoms with Gasteiger partial charge in [-0.1, -0.05) is 168 Å². The number of unbranched alkanes of at least 4 members (excludes halogenated alkanes) is 11. The summed E-state index contributed by atoms with van der Waals surface area (Å²) in [7, 11) is 0. The highest BCUT2D eigenvalue weighted by atomic mass is 16.7. The van der Waals surface area contributed by atoms with Crippen molar-refractivity contribution >= 4 is 11.9 Å². The normalized spacial score (nSPS) is 20.2. The second-order valence-electron chi connectivity index (χ2n) is 16.5. The topological polar surface area (TPSA) is 152 Å². The van der Waals surface area contributed by atoms with E-state index in [1.54, 1.807) is 0 Å². The Kier molecular flexibility index (Phi) is 40.4. The largest absolute Gasteiger partial charge is 0.462 e. The van der Waals surface area contributed by atoms with Crippen LogP contribution in [0.3, 0.4) is 0 Å². The minimum Gasteiger partial charge on any atom is -0.462 e. The van der Waals surface area contributed by atoms with E-state index in [4.69, 9.17) is 18.9 Å². The van der Waals surface area contributed by atoms with Crippen molar-refractivity contribution in [1.29, 1.82) is 0 Å². The van der Waals surface area contributed by atoms with E-state index in [9.17, 15) is 30.0 Å². The number of ether oxygens (including phenoxy) is 4. The van der Waals surface area contributed by atoms with Gasteiger partial charge in [0, 0.05) is 12.8 Å². The third-order valence-corrected chi connectivity index (χ3v) is 10.6. The van der Waals surface area contributed by atoms with Gasteiger partial charge in [0.25, 0.3) is 0 Å². The van der Waals surface area contributed by atoms with Crippen molar-refractivity contribution < 1.29 is 49.0 Å². The molecule has 368 valence electrons. The fourth-order valence-electron chi connectivity index (χ4n) is 6.74. The predicted octanol–water partition coefficient (Wildman–Crippen LogP) is 11.7. The first-order chi connectivity index (χ1) is 31.8. The Morgan fingerprint density at radius 3 is 1.42 bits per heavy atom. The zero-order chi connectivity index (χ0) is 47.3. The van der Waals surface area contributed by atoms with Gasteiger partial charge in [-0.3, -0.25) is 9.59 Å². The maximum absolute atomic E-state index is 12.8. The molecule has 2 unspecified atom stereocenters. The van der Waals surface area contributed by atoms with Crippen LogP contribution in [-0.2, 0) is 28.5 Å². The van der Waals surface area contributed by atoms with Crippen LogP contribution in [0.2, 0.25) is 0 Å². The molecular weight excluding hydrogens is 821 g/mol. The number of hydrogen-bond donors (Lipinski definition) is 4. The maximum Gasteiger partial charge on any atom is 0.306 e.